The van der Waals surface area contributed by atoms with E-state index >= 15 is 0 Å². The molecule has 0 atom stereocenters. The van der Waals surface area contributed by atoms with E-state index in [1.165, 1.54) is 30.3 Å². The minimum atomic E-state index is -4.51. The second-order valence-electron chi connectivity index (χ2n) is 4.36. The summed E-state index contributed by atoms with van der Waals surface area (Å²) in [7, 11) is 0. The second-order valence-corrected chi connectivity index (χ2v) is 4.36. The van der Waals surface area contributed by atoms with Crippen molar-refractivity contribution in [2.45, 2.75) is 13.1 Å². The quantitative estimate of drug-likeness (QED) is 0.903. The number of para-hydroxylation sites is 1. The zero-order valence-corrected chi connectivity index (χ0v) is 10.9. The first-order valence-corrected chi connectivity index (χ1v) is 5.92. The van der Waals surface area contributed by atoms with Gasteiger partial charge in [-0.3, -0.25) is 0 Å². The van der Waals surface area contributed by atoms with E-state index in [2.05, 4.69) is 10.3 Å². The molecule has 0 unspecified atom stereocenters. The summed E-state index contributed by atoms with van der Waals surface area (Å²) in [5, 5.41) is 11.5. The number of aromatic nitrogens is 1. The SMILES string of the molecule is Cc1cc(C(=O)O)cc(Nc2ccccc2C(F)(F)F)n1. The first kappa shape index (κ1) is 14.8. The maximum Gasteiger partial charge on any atom is 0.418 e. The number of carboxylic acid groups (broad SMARTS) is 1. The Morgan fingerprint density at radius 3 is 2.52 bits per heavy atom. The molecule has 7 heteroatoms. The fourth-order valence-corrected chi connectivity index (χ4v) is 1.83. The highest BCUT2D eigenvalue weighted by molar-refractivity contribution is 5.88. The molecule has 0 aliphatic rings. The third kappa shape index (κ3) is 3.50. The van der Waals surface area contributed by atoms with Crippen molar-refractivity contribution < 1.29 is 23.1 Å². The van der Waals surface area contributed by atoms with Crippen molar-refractivity contribution in [2.24, 2.45) is 0 Å². The van der Waals surface area contributed by atoms with E-state index in [0.717, 1.165) is 6.07 Å². The van der Waals surface area contributed by atoms with Crippen LogP contribution in [0.2, 0.25) is 0 Å². The molecule has 2 rings (SSSR count). The molecule has 0 saturated carbocycles. The van der Waals surface area contributed by atoms with E-state index < -0.39 is 17.7 Å². The number of alkyl halides is 3. The molecule has 2 aromatic rings. The molecule has 0 aliphatic heterocycles. The summed E-state index contributed by atoms with van der Waals surface area (Å²) in [5.41, 5.74) is -0.680. The van der Waals surface area contributed by atoms with E-state index in [1.807, 2.05) is 0 Å². The third-order valence-corrected chi connectivity index (χ3v) is 2.70. The first-order valence-electron chi connectivity index (χ1n) is 5.92. The number of nitrogens with one attached hydrogen (secondary N) is 1. The van der Waals surface area contributed by atoms with Gasteiger partial charge < -0.3 is 10.4 Å². The lowest BCUT2D eigenvalue weighted by Crippen LogP contribution is -2.09. The number of benzene rings is 1. The van der Waals surface area contributed by atoms with Crippen LogP contribution in [0.3, 0.4) is 0 Å². The lowest BCUT2D eigenvalue weighted by Gasteiger charge is -2.14. The van der Waals surface area contributed by atoms with Crippen molar-refractivity contribution in [1.82, 2.24) is 4.98 Å². The van der Waals surface area contributed by atoms with Crippen LogP contribution in [0.15, 0.2) is 36.4 Å². The average molecular weight is 296 g/mol. The molecule has 2 N–H and O–H groups in total. The van der Waals surface area contributed by atoms with Gasteiger partial charge in [-0.1, -0.05) is 12.1 Å². The maximum absolute atomic E-state index is 12.9. The van der Waals surface area contributed by atoms with Gasteiger partial charge in [0, 0.05) is 5.69 Å². The standard InChI is InChI=1S/C14H11F3N2O2/c1-8-6-9(13(20)21)7-12(18-8)19-11-5-3-2-4-10(11)14(15,16)17/h2-7H,1H3,(H,18,19)(H,20,21). The van der Waals surface area contributed by atoms with Crippen molar-refractivity contribution in [3.63, 3.8) is 0 Å². The van der Waals surface area contributed by atoms with Gasteiger partial charge in [0.2, 0.25) is 0 Å². The van der Waals surface area contributed by atoms with Crippen LogP contribution in [-0.2, 0) is 6.18 Å². The number of nitrogens with zero attached hydrogens (tertiary/aromatic N) is 1. The Kier molecular flexibility index (Phi) is 3.84. The zero-order chi connectivity index (χ0) is 15.6. The fraction of sp³-hybridized carbons (Fsp3) is 0.143. The topological polar surface area (TPSA) is 62.2 Å². The number of hydrogen-bond donors (Lipinski definition) is 2. The molecule has 0 radical (unpaired) electrons. The van der Waals surface area contributed by atoms with Gasteiger partial charge in [0.15, 0.2) is 0 Å². The third-order valence-electron chi connectivity index (χ3n) is 2.70. The molecule has 1 heterocycles. The summed E-state index contributed by atoms with van der Waals surface area (Å²) in [6.07, 6.45) is -4.51. The van der Waals surface area contributed by atoms with Crippen molar-refractivity contribution >= 4 is 17.5 Å². The van der Waals surface area contributed by atoms with Crippen LogP contribution < -0.4 is 5.32 Å². The summed E-state index contributed by atoms with van der Waals surface area (Å²) in [5.74, 6) is -1.13. The summed E-state index contributed by atoms with van der Waals surface area (Å²) in [4.78, 5) is 14.9. The molecule has 0 fully saturated rings. The van der Waals surface area contributed by atoms with Crippen molar-refractivity contribution in [2.75, 3.05) is 5.32 Å². The monoisotopic (exact) mass is 296 g/mol. The molecule has 0 aliphatic carbocycles. The van der Waals surface area contributed by atoms with Gasteiger partial charge in [-0.2, -0.15) is 13.2 Å². The van der Waals surface area contributed by atoms with Gasteiger partial charge in [-0.25, -0.2) is 9.78 Å². The molecule has 1 aromatic heterocycles. The molecule has 0 amide bonds. The van der Waals surface area contributed by atoms with Gasteiger partial charge in [0.25, 0.3) is 0 Å². The predicted molar refractivity (Wildman–Crippen MR) is 70.7 cm³/mol. The largest absolute Gasteiger partial charge is 0.478 e. The molecular weight excluding hydrogens is 285 g/mol. The molecule has 21 heavy (non-hydrogen) atoms. The molecule has 0 spiro atoms. The van der Waals surface area contributed by atoms with Crippen LogP contribution in [0, 0.1) is 6.92 Å². The predicted octanol–water partition coefficient (Wildman–Crippen LogP) is 3.85. The minimum absolute atomic E-state index is 0.0455. The highest BCUT2D eigenvalue weighted by Gasteiger charge is 2.33. The Hall–Kier alpha value is -2.57. The number of aryl methyl sites for hydroxylation is 1. The Morgan fingerprint density at radius 1 is 1.24 bits per heavy atom. The van der Waals surface area contributed by atoms with Gasteiger partial charge in [-0.05, 0) is 31.2 Å². The molecular formula is C14H11F3N2O2. The van der Waals surface area contributed by atoms with Gasteiger partial charge in [-0.15, -0.1) is 0 Å². The number of carbonyl (C=O) groups is 1. The summed E-state index contributed by atoms with van der Waals surface area (Å²) < 4.78 is 38.7. The minimum Gasteiger partial charge on any atom is -0.478 e. The molecule has 110 valence electrons. The Morgan fingerprint density at radius 2 is 1.90 bits per heavy atom. The van der Waals surface area contributed by atoms with E-state index in [4.69, 9.17) is 5.11 Å². The van der Waals surface area contributed by atoms with Crippen molar-refractivity contribution in [3.8, 4) is 0 Å². The first-order chi connectivity index (χ1) is 9.77. The molecule has 0 bridgehead atoms. The number of pyridine rings is 1. The summed E-state index contributed by atoms with van der Waals surface area (Å²) in [6.45, 7) is 1.56. The Balaban J connectivity index is 2.42. The number of aromatic carboxylic acids is 1. The van der Waals surface area contributed by atoms with Crippen LogP contribution in [-0.4, -0.2) is 16.1 Å². The van der Waals surface area contributed by atoms with E-state index in [-0.39, 0.29) is 17.1 Å². The fourth-order valence-electron chi connectivity index (χ4n) is 1.83. The number of anilines is 2. The Labute approximate surface area is 118 Å². The average Bonchev–Trinajstić information content (AvgIpc) is 2.37. The lowest BCUT2D eigenvalue weighted by atomic mass is 10.1. The zero-order valence-electron chi connectivity index (χ0n) is 10.9. The van der Waals surface area contributed by atoms with E-state index in [1.54, 1.807) is 6.92 Å². The highest BCUT2D eigenvalue weighted by Crippen LogP contribution is 2.35. The number of halogens is 3. The molecule has 1 aromatic carbocycles. The number of carboxylic acids is 1. The van der Waals surface area contributed by atoms with E-state index in [9.17, 15) is 18.0 Å². The number of rotatable bonds is 3. The van der Waals surface area contributed by atoms with Crippen LogP contribution in [0.5, 0.6) is 0 Å². The molecule has 4 nitrogen and oxygen atoms in total. The van der Waals surface area contributed by atoms with Crippen molar-refractivity contribution in [1.29, 1.82) is 0 Å². The summed E-state index contributed by atoms with van der Waals surface area (Å²) >= 11 is 0. The maximum atomic E-state index is 12.9. The number of hydrogen-bond acceptors (Lipinski definition) is 3. The van der Waals surface area contributed by atoms with Crippen LogP contribution in [0.4, 0.5) is 24.7 Å². The smallest absolute Gasteiger partial charge is 0.418 e. The lowest BCUT2D eigenvalue weighted by molar-refractivity contribution is -0.136. The normalized spacial score (nSPS) is 11.2. The Bertz CT molecular complexity index is 684. The van der Waals surface area contributed by atoms with Gasteiger partial charge >= 0.3 is 12.1 Å². The molecule has 0 saturated heterocycles. The van der Waals surface area contributed by atoms with Crippen LogP contribution in [0.25, 0.3) is 0 Å². The van der Waals surface area contributed by atoms with Crippen molar-refractivity contribution in [3.05, 3.63) is 53.2 Å². The van der Waals surface area contributed by atoms with E-state index in [0.29, 0.717) is 5.69 Å². The van der Waals surface area contributed by atoms with Gasteiger partial charge in [0.05, 0.1) is 16.8 Å². The highest BCUT2D eigenvalue weighted by atomic mass is 19.4. The second kappa shape index (κ2) is 5.43. The van der Waals surface area contributed by atoms with Gasteiger partial charge in [0.1, 0.15) is 5.82 Å². The van der Waals surface area contributed by atoms with Crippen LogP contribution >= 0.6 is 0 Å². The summed E-state index contributed by atoms with van der Waals surface area (Å²) in [6, 6.07) is 7.45. The van der Waals surface area contributed by atoms with Crippen LogP contribution in [0.1, 0.15) is 21.6 Å².